The average Bonchev–Trinajstić information content (AvgIpc) is 2.74. The standard InChI is InChI=1S/C12H17F3N2O4/c1-3-5-6-8-7-11(20,12(13,14)15)17(16-8)9(18)10(19)21-4-2/h20H,3-7H2,1-2H3/t11-/m1/s1. The molecule has 0 saturated heterocycles. The van der Waals surface area contributed by atoms with Crippen LogP contribution in [0.2, 0.25) is 0 Å². The van der Waals surface area contributed by atoms with Gasteiger partial charge in [0.1, 0.15) is 0 Å². The smallest absolute Gasteiger partial charge is 0.438 e. The van der Waals surface area contributed by atoms with Crippen LogP contribution in [0.4, 0.5) is 13.2 Å². The summed E-state index contributed by atoms with van der Waals surface area (Å²) in [5.74, 6) is -3.12. The Morgan fingerprint density at radius 2 is 2.05 bits per heavy atom. The Morgan fingerprint density at radius 1 is 1.43 bits per heavy atom. The Labute approximate surface area is 119 Å². The first kappa shape index (κ1) is 17.4. The number of alkyl halides is 3. The number of halogens is 3. The fraction of sp³-hybridized carbons (Fsp3) is 0.750. The zero-order chi connectivity index (χ0) is 16.3. The van der Waals surface area contributed by atoms with Crippen LogP contribution in [0.3, 0.4) is 0 Å². The van der Waals surface area contributed by atoms with Gasteiger partial charge in [-0.05, 0) is 19.8 Å². The Balaban J connectivity index is 3.05. The first-order valence-electron chi connectivity index (χ1n) is 6.54. The molecule has 6 nitrogen and oxygen atoms in total. The third-order valence-electron chi connectivity index (χ3n) is 2.96. The van der Waals surface area contributed by atoms with Crippen molar-refractivity contribution in [3.05, 3.63) is 0 Å². The fourth-order valence-corrected chi connectivity index (χ4v) is 1.85. The van der Waals surface area contributed by atoms with E-state index in [-0.39, 0.29) is 23.7 Å². The lowest BCUT2D eigenvalue weighted by atomic mass is 10.0. The molecule has 0 bridgehead atoms. The SMILES string of the molecule is CCCCC1=NN(C(=O)C(=O)OCC)[C@](O)(C(F)(F)F)C1. The number of ether oxygens (including phenoxy) is 1. The second-order valence-electron chi connectivity index (χ2n) is 4.60. The molecule has 1 rings (SSSR count). The topological polar surface area (TPSA) is 79.2 Å². The molecule has 9 heteroatoms. The molecule has 21 heavy (non-hydrogen) atoms. The first-order valence-corrected chi connectivity index (χ1v) is 6.54. The van der Waals surface area contributed by atoms with Crippen LogP contribution < -0.4 is 0 Å². The van der Waals surface area contributed by atoms with E-state index in [2.05, 4.69) is 9.84 Å². The predicted octanol–water partition coefficient (Wildman–Crippen LogP) is 1.58. The molecule has 1 heterocycles. The molecule has 1 atom stereocenters. The lowest BCUT2D eigenvalue weighted by Gasteiger charge is -2.31. The van der Waals surface area contributed by atoms with E-state index >= 15 is 0 Å². The molecule has 0 spiro atoms. The monoisotopic (exact) mass is 310 g/mol. The zero-order valence-electron chi connectivity index (χ0n) is 11.7. The third kappa shape index (κ3) is 3.52. The van der Waals surface area contributed by atoms with Gasteiger partial charge in [-0.25, -0.2) is 4.79 Å². The van der Waals surface area contributed by atoms with Crippen molar-refractivity contribution < 1.29 is 32.6 Å². The summed E-state index contributed by atoms with van der Waals surface area (Å²) in [7, 11) is 0. The van der Waals surface area contributed by atoms with Gasteiger partial charge in [-0.3, -0.25) is 4.79 Å². The minimum absolute atomic E-state index is 0.0225. The molecule has 0 aromatic rings. The van der Waals surface area contributed by atoms with Crippen LogP contribution in [-0.2, 0) is 14.3 Å². The van der Waals surface area contributed by atoms with Crippen molar-refractivity contribution in [2.24, 2.45) is 5.10 Å². The average molecular weight is 310 g/mol. The quantitative estimate of drug-likeness (QED) is 0.631. The van der Waals surface area contributed by atoms with Gasteiger partial charge in [0.15, 0.2) is 0 Å². The Bertz CT molecular complexity index is 450. The number of unbranched alkanes of at least 4 members (excludes halogenated alkanes) is 1. The van der Waals surface area contributed by atoms with E-state index in [9.17, 15) is 27.9 Å². The van der Waals surface area contributed by atoms with E-state index in [4.69, 9.17) is 0 Å². The summed E-state index contributed by atoms with van der Waals surface area (Å²) >= 11 is 0. The van der Waals surface area contributed by atoms with Crippen LogP contribution in [0.5, 0.6) is 0 Å². The van der Waals surface area contributed by atoms with Gasteiger partial charge in [0.2, 0.25) is 0 Å². The second kappa shape index (κ2) is 6.42. The largest absolute Gasteiger partial charge is 0.459 e. The van der Waals surface area contributed by atoms with Crippen LogP contribution in [0.15, 0.2) is 5.10 Å². The van der Waals surface area contributed by atoms with E-state index in [0.717, 1.165) is 6.42 Å². The third-order valence-corrected chi connectivity index (χ3v) is 2.96. The molecule has 0 aromatic heterocycles. The van der Waals surface area contributed by atoms with Crippen LogP contribution in [0, 0.1) is 0 Å². The van der Waals surface area contributed by atoms with Gasteiger partial charge >= 0.3 is 18.1 Å². The fourth-order valence-electron chi connectivity index (χ4n) is 1.85. The molecule has 120 valence electrons. The molecule has 1 aliphatic heterocycles. The molecule has 0 saturated carbocycles. The number of aliphatic hydroxyl groups is 1. The van der Waals surface area contributed by atoms with Gasteiger partial charge < -0.3 is 9.84 Å². The van der Waals surface area contributed by atoms with Crippen molar-refractivity contribution in [3.63, 3.8) is 0 Å². The van der Waals surface area contributed by atoms with Gasteiger partial charge in [0, 0.05) is 12.1 Å². The highest BCUT2D eigenvalue weighted by molar-refractivity contribution is 6.32. The van der Waals surface area contributed by atoms with Gasteiger partial charge in [-0.1, -0.05) is 13.3 Å². The maximum absolute atomic E-state index is 13.0. The Morgan fingerprint density at radius 3 is 2.52 bits per heavy atom. The summed E-state index contributed by atoms with van der Waals surface area (Å²) in [4.78, 5) is 23.0. The van der Waals surface area contributed by atoms with Crippen molar-refractivity contribution in [1.29, 1.82) is 0 Å². The number of carbonyl (C=O) groups is 2. The van der Waals surface area contributed by atoms with Crippen molar-refractivity contribution in [2.75, 3.05) is 6.61 Å². The number of rotatable bonds is 4. The maximum Gasteiger partial charge on any atom is 0.438 e. The number of hydrogen-bond acceptors (Lipinski definition) is 5. The van der Waals surface area contributed by atoms with Crippen LogP contribution in [0.25, 0.3) is 0 Å². The summed E-state index contributed by atoms with van der Waals surface area (Å²) in [6, 6.07) is 0. The number of esters is 1. The Kier molecular flexibility index (Phi) is 5.32. The van der Waals surface area contributed by atoms with E-state index < -0.39 is 30.2 Å². The lowest BCUT2D eigenvalue weighted by Crippen LogP contribution is -2.58. The summed E-state index contributed by atoms with van der Waals surface area (Å²) in [6.45, 7) is 3.07. The summed E-state index contributed by atoms with van der Waals surface area (Å²) in [5, 5.41) is 13.1. The number of carbonyl (C=O) groups excluding carboxylic acids is 2. The molecule has 0 fully saturated rings. The van der Waals surface area contributed by atoms with Crippen molar-refractivity contribution >= 4 is 17.6 Å². The molecule has 1 aliphatic rings. The number of nitrogens with zero attached hydrogens (tertiary/aromatic N) is 2. The highest BCUT2D eigenvalue weighted by Crippen LogP contribution is 2.41. The number of hydrazone groups is 1. The molecule has 0 aliphatic carbocycles. The molecular formula is C12H17F3N2O4. The van der Waals surface area contributed by atoms with Crippen LogP contribution >= 0.6 is 0 Å². The lowest BCUT2D eigenvalue weighted by molar-refractivity contribution is -0.302. The minimum Gasteiger partial charge on any atom is -0.459 e. The van der Waals surface area contributed by atoms with Gasteiger partial charge in [-0.15, -0.1) is 0 Å². The minimum atomic E-state index is -5.13. The highest BCUT2D eigenvalue weighted by atomic mass is 19.4. The van der Waals surface area contributed by atoms with Crippen LogP contribution in [-0.4, -0.2) is 46.2 Å². The number of hydrogen-bond donors (Lipinski definition) is 1. The summed E-state index contributed by atoms with van der Waals surface area (Å²) in [6.07, 6.45) is -4.50. The molecule has 1 N–H and O–H groups in total. The van der Waals surface area contributed by atoms with E-state index in [0.29, 0.717) is 6.42 Å². The van der Waals surface area contributed by atoms with Crippen molar-refractivity contribution in [1.82, 2.24) is 5.01 Å². The normalized spacial score (nSPS) is 22.2. The molecular weight excluding hydrogens is 293 g/mol. The summed E-state index contributed by atoms with van der Waals surface area (Å²) < 4.78 is 43.5. The van der Waals surface area contributed by atoms with Crippen molar-refractivity contribution in [3.8, 4) is 0 Å². The van der Waals surface area contributed by atoms with E-state index in [1.807, 2.05) is 6.92 Å². The van der Waals surface area contributed by atoms with Crippen LogP contribution in [0.1, 0.15) is 39.5 Å². The molecule has 0 radical (unpaired) electrons. The maximum atomic E-state index is 13.0. The van der Waals surface area contributed by atoms with Gasteiger partial charge in [0.05, 0.1) is 6.61 Å². The Hall–Kier alpha value is -1.64. The predicted molar refractivity (Wildman–Crippen MR) is 66.1 cm³/mol. The zero-order valence-corrected chi connectivity index (χ0v) is 11.7. The van der Waals surface area contributed by atoms with Crippen molar-refractivity contribution in [2.45, 2.75) is 51.4 Å². The van der Waals surface area contributed by atoms with Gasteiger partial charge in [-0.2, -0.15) is 23.3 Å². The number of amides is 1. The highest BCUT2D eigenvalue weighted by Gasteiger charge is 2.63. The first-order chi connectivity index (χ1) is 9.67. The second-order valence-corrected chi connectivity index (χ2v) is 4.60. The van der Waals surface area contributed by atoms with E-state index in [1.54, 1.807) is 0 Å². The van der Waals surface area contributed by atoms with Gasteiger partial charge in [0.25, 0.3) is 5.72 Å². The molecule has 0 unspecified atom stereocenters. The molecule has 1 amide bonds. The summed E-state index contributed by atoms with van der Waals surface area (Å²) in [5.41, 5.74) is -3.48. The molecule has 0 aromatic carbocycles. The van der Waals surface area contributed by atoms with E-state index in [1.165, 1.54) is 6.92 Å².